The molecule has 0 aromatic heterocycles. The quantitative estimate of drug-likeness (QED) is 0.634. The summed E-state index contributed by atoms with van der Waals surface area (Å²) >= 11 is 0. The monoisotopic (exact) mass is 407 g/mol. The second-order valence-corrected chi connectivity index (χ2v) is 6.81. The second kappa shape index (κ2) is 9.78. The number of carbonyl (C=O) groups is 2. The Hall–Kier alpha value is -3.54. The van der Waals surface area contributed by atoms with E-state index in [1.165, 1.54) is 14.2 Å². The normalized spacial score (nSPS) is 13.9. The second-order valence-electron chi connectivity index (χ2n) is 6.81. The van der Waals surface area contributed by atoms with Crippen LogP contribution in [0.2, 0.25) is 0 Å². The summed E-state index contributed by atoms with van der Waals surface area (Å²) in [5.41, 5.74) is 1.46. The largest absolute Gasteiger partial charge is 0.466 e. The molecule has 6 nitrogen and oxygen atoms in total. The van der Waals surface area contributed by atoms with Crippen LogP contribution in [0.4, 0.5) is 0 Å². The summed E-state index contributed by atoms with van der Waals surface area (Å²) in [5, 5.41) is 0. The van der Waals surface area contributed by atoms with Crippen LogP contribution in [0.5, 0.6) is 11.5 Å². The highest BCUT2D eigenvalue weighted by Crippen LogP contribution is 2.38. The van der Waals surface area contributed by atoms with E-state index in [0.29, 0.717) is 29.2 Å². The summed E-state index contributed by atoms with van der Waals surface area (Å²) in [6, 6.07) is 16.7. The van der Waals surface area contributed by atoms with Gasteiger partial charge in [0.1, 0.15) is 11.5 Å². The van der Waals surface area contributed by atoms with Crippen molar-refractivity contribution in [2.45, 2.75) is 19.3 Å². The van der Waals surface area contributed by atoms with Crippen molar-refractivity contribution in [3.8, 4) is 11.5 Å². The van der Waals surface area contributed by atoms with Gasteiger partial charge in [0.25, 0.3) is 0 Å². The average molecular weight is 407 g/mol. The van der Waals surface area contributed by atoms with Crippen LogP contribution in [-0.2, 0) is 19.1 Å². The van der Waals surface area contributed by atoms with Crippen molar-refractivity contribution in [1.29, 1.82) is 0 Å². The molecule has 2 aromatic rings. The van der Waals surface area contributed by atoms with Crippen molar-refractivity contribution in [3.63, 3.8) is 0 Å². The van der Waals surface area contributed by atoms with Crippen LogP contribution in [0.3, 0.4) is 0 Å². The third-order valence-electron chi connectivity index (χ3n) is 4.73. The van der Waals surface area contributed by atoms with Gasteiger partial charge in [0.2, 0.25) is 0 Å². The Labute approximate surface area is 176 Å². The Bertz CT molecular complexity index is 931. The van der Waals surface area contributed by atoms with Gasteiger partial charge in [-0.05, 0) is 36.2 Å². The number of hydrogen-bond donors (Lipinski definition) is 0. The molecule has 3 rings (SSSR count). The number of benzene rings is 2. The third kappa shape index (κ3) is 4.71. The molecule has 0 aliphatic carbocycles. The first-order valence-corrected chi connectivity index (χ1v) is 9.76. The molecule has 0 saturated carbocycles. The summed E-state index contributed by atoms with van der Waals surface area (Å²) in [6.45, 7) is 2.68. The first kappa shape index (κ1) is 21.2. The lowest BCUT2D eigenvalue weighted by Gasteiger charge is -2.30. The maximum absolute atomic E-state index is 12.6. The highest BCUT2D eigenvalue weighted by atomic mass is 16.5. The van der Waals surface area contributed by atoms with E-state index in [0.717, 1.165) is 12.0 Å². The predicted molar refractivity (Wildman–Crippen MR) is 113 cm³/mol. The Kier molecular flexibility index (Phi) is 6.91. The maximum Gasteiger partial charge on any atom is 0.336 e. The van der Waals surface area contributed by atoms with Gasteiger partial charge in [0.05, 0.1) is 31.3 Å². The molecule has 1 aliphatic rings. The van der Waals surface area contributed by atoms with Crippen molar-refractivity contribution >= 4 is 11.9 Å². The molecule has 6 heteroatoms. The maximum atomic E-state index is 12.6. The van der Waals surface area contributed by atoms with E-state index in [1.54, 1.807) is 12.4 Å². The highest BCUT2D eigenvalue weighted by molar-refractivity contribution is 5.98. The van der Waals surface area contributed by atoms with Gasteiger partial charge in [-0.1, -0.05) is 37.3 Å². The summed E-state index contributed by atoms with van der Waals surface area (Å²) in [5.74, 6) is -0.324. The number of rotatable bonds is 7. The van der Waals surface area contributed by atoms with Gasteiger partial charge in [0, 0.05) is 18.9 Å². The first-order valence-electron chi connectivity index (χ1n) is 9.76. The van der Waals surface area contributed by atoms with Gasteiger partial charge in [-0.2, -0.15) is 0 Å². The van der Waals surface area contributed by atoms with Crippen LogP contribution < -0.4 is 4.74 Å². The van der Waals surface area contributed by atoms with E-state index in [4.69, 9.17) is 14.2 Å². The summed E-state index contributed by atoms with van der Waals surface area (Å²) < 4.78 is 16.0. The van der Waals surface area contributed by atoms with Crippen molar-refractivity contribution in [2.24, 2.45) is 0 Å². The van der Waals surface area contributed by atoms with Crippen LogP contribution >= 0.6 is 0 Å². The molecule has 0 radical (unpaired) electrons. The summed E-state index contributed by atoms with van der Waals surface area (Å²) in [7, 11) is 2.66. The molecule has 0 amide bonds. The minimum absolute atomic E-state index is 0.366. The zero-order chi connectivity index (χ0) is 21.5. The Morgan fingerprint density at radius 2 is 1.47 bits per heavy atom. The fourth-order valence-corrected chi connectivity index (χ4v) is 3.42. The molecule has 0 spiro atoms. The lowest BCUT2D eigenvalue weighted by Crippen LogP contribution is -2.29. The average Bonchev–Trinajstić information content (AvgIpc) is 2.78. The number of methoxy groups -OCH3 is 2. The number of para-hydroxylation sites is 1. The molecule has 1 heterocycles. The fourth-order valence-electron chi connectivity index (χ4n) is 3.42. The topological polar surface area (TPSA) is 65.1 Å². The first-order chi connectivity index (χ1) is 14.6. The lowest BCUT2D eigenvalue weighted by atomic mass is 9.83. The highest BCUT2D eigenvalue weighted by Gasteiger charge is 2.35. The van der Waals surface area contributed by atoms with Gasteiger partial charge in [-0.25, -0.2) is 9.59 Å². The van der Waals surface area contributed by atoms with Gasteiger partial charge in [0.15, 0.2) is 0 Å². The van der Waals surface area contributed by atoms with Gasteiger partial charge in [-0.3, -0.25) is 0 Å². The zero-order valence-electron chi connectivity index (χ0n) is 17.3. The molecule has 30 heavy (non-hydrogen) atoms. The minimum Gasteiger partial charge on any atom is -0.466 e. The smallest absolute Gasteiger partial charge is 0.336 e. The molecule has 0 bridgehead atoms. The van der Waals surface area contributed by atoms with Crippen LogP contribution in [0, 0.1) is 0 Å². The Morgan fingerprint density at radius 1 is 0.867 bits per heavy atom. The molecule has 0 saturated heterocycles. The van der Waals surface area contributed by atoms with Gasteiger partial charge in [-0.15, -0.1) is 0 Å². The van der Waals surface area contributed by atoms with Crippen molar-refractivity contribution in [3.05, 3.63) is 83.7 Å². The van der Waals surface area contributed by atoms with Crippen LogP contribution in [0.1, 0.15) is 24.8 Å². The van der Waals surface area contributed by atoms with Crippen LogP contribution in [0.25, 0.3) is 0 Å². The van der Waals surface area contributed by atoms with Crippen molar-refractivity contribution < 1.29 is 23.8 Å². The van der Waals surface area contributed by atoms with E-state index in [2.05, 4.69) is 0 Å². The molecular weight excluding hydrogens is 382 g/mol. The molecule has 1 aliphatic heterocycles. The third-order valence-corrected chi connectivity index (χ3v) is 4.73. The minimum atomic E-state index is -0.627. The molecule has 0 fully saturated rings. The van der Waals surface area contributed by atoms with E-state index in [9.17, 15) is 9.59 Å². The molecule has 0 N–H and O–H groups in total. The van der Waals surface area contributed by atoms with E-state index < -0.39 is 17.9 Å². The molecule has 156 valence electrons. The predicted octanol–water partition coefficient (Wildman–Crippen LogP) is 4.40. The fraction of sp³-hybridized carbons (Fsp3) is 0.250. The molecular formula is C24H25NO5. The lowest BCUT2D eigenvalue weighted by molar-refractivity contribution is -0.137. The van der Waals surface area contributed by atoms with Crippen LogP contribution in [-0.4, -0.2) is 37.6 Å². The van der Waals surface area contributed by atoms with E-state index >= 15 is 0 Å². The number of carbonyl (C=O) groups excluding carboxylic acids is 2. The van der Waals surface area contributed by atoms with Crippen LogP contribution in [0.15, 0.2) is 78.1 Å². The summed E-state index contributed by atoms with van der Waals surface area (Å²) in [6.07, 6.45) is 4.31. The molecule has 0 atom stereocenters. The Morgan fingerprint density at radius 3 is 2.03 bits per heavy atom. The number of esters is 2. The number of nitrogens with zero attached hydrogens (tertiary/aromatic N) is 1. The number of hydrogen-bond acceptors (Lipinski definition) is 6. The van der Waals surface area contributed by atoms with E-state index in [1.807, 2.05) is 66.4 Å². The van der Waals surface area contributed by atoms with Crippen molar-refractivity contribution in [1.82, 2.24) is 4.90 Å². The zero-order valence-corrected chi connectivity index (χ0v) is 17.3. The van der Waals surface area contributed by atoms with E-state index in [-0.39, 0.29) is 0 Å². The number of ether oxygens (including phenoxy) is 3. The van der Waals surface area contributed by atoms with Gasteiger partial charge < -0.3 is 19.1 Å². The standard InChI is InChI=1S/C24H25NO5/c1-4-13-25-15-20(23(26)28-2)22(21(16-25)24(27)29-3)17-9-8-12-19(14-17)30-18-10-6-5-7-11-18/h5-12,14-16,22H,4,13H2,1-3H3. The van der Waals surface area contributed by atoms with Crippen molar-refractivity contribution in [2.75, 3.05) is 20.8 Å². The summed E-state index contributed by atoms with van der Waals surface area (Å²) in [4.78, 5) is 27.0. The molecule has 2 aromatic carbocycles. The van der Waals surface area contributed by atoms with Gasteiger partial charge >= 0.3 is 11.9 Å². The Balaban J connectivity index is 2.04. The molecule has 0 unspecified atom stereocenters. The SMILES string of the molecule is CCCN1C=C(C(=O)OC)C(c2cccc(Oc3ccccc3)c2)C(C(=O)OC)=C1.